The highest BCUT2D eigenvalue weighted by atomic mass is 35.5. The lowest BCUT2D eigenvalue weighted by Crippen LogP contribution is -2.38. The lowest BCUT2D eigenvalue weighted by Gasteiger charge is -2.23. The van der Waals surface area contributed by atoms with E-state index in [-0.39, 0.29) is 6.04 Å². The van der Waals surface area contributed by atoms with Crippen molar-refractivity contribution in [2.24, 2.45) is 4.99 Å². The van der Waals surface area contributed by atoms with Gasteiger partial charge in [0.05, 0.1) is 12.6 Å². The van der Waals surface area contributed by atoms with Gasteiger partial charge in [-0.15, -0.1) is 0 Å². The fourth-order valence-electron chi connectivity index (χ4n) is 2.01. The number of halogens is 1. The molecule has 0 saturated heterocycles. The largest absolute Gasteiger partial charge is 0.357 e. The summed E-state index contributed by atoms with van der Waals surface area (Å²) in [7, 11) is 4.14. The van der Waals surface area contributed by atoms with Crippen LogP contribution in [0.25, 0.3) is 0 Å². The number of aliphatic imine (C=N–C) groups is 1. The molecule has 0 radical (unpaired) electrons. The Morgan fingerprint density at radius 2 is 1.86 bits per heavy atom. The molecule has 1 aromatic carbocycles. The molecule has 0 aliphatic heterocycles. The number of nitrogens with zero attached hydrogens (tertiary/aromatic N) is 2. The first-order valence-electron chi connectivity index (χ1n) is 7.52. The molecule has 4 nitrogen and oxygen atoms in total. The van der Waals surface area contributed by atoms with Crippen molar-refractivity contribution < 1.29 is 0 Å². The maximum absolute atomic E-state index is 5.96. The number of guanidine groups is 1. The Hall–Kier alpha value is -1.26. The normalized spacial score (nSPS) is 13.3. The van der Waals surface area contributed by atoms with E-state index in [9.17, 15) is 0 Å². The summed E-state index contributed by atoms with van der Waals surface area (Å²) in [5.74, 6) is 0.875. The lowest BCUT2D eigenvalue weighted by atomic mass is 10.1. The van der Waals surface area contributed by atoms with Gasteiger partial charge < -0.3 is 15.5 Å². The number of likely N-dealkylation sites (N-methyl/N-ethyl adjacent to an activating group) is 1. The van der Waals surface area contributed by atoms with Crippen molar-refractivity contribution in [1.82, 2.24) is 15.5 Å². The van der Waals surface area contributed by atoms with Gasteiger partial charge in [-0.1, -0.05) is 30.7 Å². The molecule has 2 N–H and O–H groups in total. The van der Waals surface area contributed by atoms with Crippen molar-refractivity contribution in [2.75, 3.05) is 33.7 Å². The van der Waals surface area contributed by atoms with E-state index in [0.717, 1.165) is 30.5 Å². The summed E-state index contributed by atoms with van der Waals surface area (Å²) in [6, 6.07) is 8.22. The second-order valence-electron chi connectivity index (χ2n) is 5.18. The third-order valence-corrected chi connectivity index (χ3v) is 3.44. The SMILES string of the molecule is CCCNC(=NCC(c1ccc(Cl)cc1)N(C)C)NCC. The van der Waals surface area contributed by atoms with Crippen molar-refractivity contribution in [3.8, 4) is 0 Å². The highest BCUT2D eigenvalue weighted by Gasteiger charge is 2.13. The van der Waals surface area contributed by atoms with Crippen molar-refractivity contribution in [2.45, 2.75) is 26.3 Å². The van der Waals surface area contributed by atoms with Gasteiger partial charge in [-0.05, 0) is 45.1 Å². The Kier molecular flexibility index (Phi) is 8.16. The molecule has 21 heavy (non-hydrogen) atoms. The molecular weight excluding hydrogens is 284 g/mol. The first kappa shape index (κ1) is 17.8. The summed E-state index contributed by atoms with van der Waals surface area (Å²) in [6.07, 6.45) is 1.08. The molecule has 0 aliphatic rings. The summed E-state index contributed by atoms with van der Waals surface area (Å²) in [6.45, 7) is 6.72. The molecule has 0 spiro atoms. The van der Waals surface area contributed by atoms with Crippen LogP contribution >= 0.6 is 11.6 Å². The smallest absolute Gasteiger partial charge is 0.191 e. The number of rotatable bonds is 7. The van der Waals surface area contributed by atoms with Crippen LogP contribution in [0.1, 0.15) is 31.9 Å². The average molecular weight is 311 g/mol. The van der Waals surface area contributed by atoms with Crippen LogP contribution in [0.3, 0.4) is 0 Å². The Morgan fingerprint density at radius 3 is 2.38 bits per heavy atom. The van der Waals surface area contributed by atoms with Crippen molar-refractivity contribution in [3.05, 3.63) is 34.9 Å². The molecule has 0 amide bonds. The molecule has 1 unspecified atom stereocenters. The summed E-state index contributed by atoms with van der Waals surface area (Å²) in [4.78, 5) is 6.87. The zero-order chi connectivity index (χ0) is 15.7. The third kappa shape index (κ3) is 6.36. The summed E-state index contributed by atoms with van der Waals surface area (Å²) >= 11 is 5.96. The first-order valence-corrected chi connectivity index (χ1v) is 7.90. The summed E-state index contributed by atoms with van der Waals surface area (Å²) in [5.41, 5.74) is 1.22. The number of benzene rings is 1. The van der Waals surface area contributed by atoms with Gasteiger partial charge >= 0.3 is 0 Å². The second-order valence-corrected chi connectivity index (χ2v) is 5.61. The summed E-state index contributed by atoms with van der Waals surface area (Å²) < 4.78 is 0. The fraction of sp³-hybridized carbons (Fsp3) is 0.562. The molecule has 0 heterocycles. The van der Waals surface area contributed by atoms with Crippen LogP contribution in [0, 0.1) is 0 Å². The molecule has 0 saturated carbocycles. The molecule has 1 rings (SSSR count). The molecule has 1 atom stereocenters. The molecule has 0 aliphatic carbocycles. The van der Waals surface area contributed by atoms with Crippen LogP contribution in [0.4, 0.5) is 0 Å². The minimum atomic E-state index is 0.236. The van der Waals surface area contributed by atoms with Gasteiger partial charge in [-0.25, -0.2) is 0 Å². The van der Waals surface area contributed by atoms with Crippen molar-refractivity contribution >= 4 is 17.6 Å². The van der Waals surface area contributed by atoms with Crippen LogP contribution in [-0.2, 0) is 0 Å². The van der Waals surface area contributed by atoms with Crippen LogP contribution in [0.5, 0.6) is 0 Å². The topological polar surface area (TPSA) is 39.7 Å². The van der Waals surface area contributed by atoms with E-state index in [4.69, 9.17) is 16.6 Å². The molecule has 118 valence electrons. The van der Waals surface area contributed by atoms with E-state index < -0.39 is 0 Å². The van der Waals surface area contributed by atoms with Crippen LogP contribution in [0.15, 0.2) is 29.3 Å². The first-order chi connectivity index (χ1) is 10.1. The molecule has 0 aromatic heterocycles. The second kappa shape index (κ2) is 9.64. The van der Waals surface area contributed by atoms with Crippen LogP contribution in [0.2, 0.25) is 5.02 Å². The highest BCUT2D eigenvalue weighted by molar-refractivity contribution is 6.30. The standard InChI is InChI=1S/C16H27ClN4/c1-5-11-19-16(18-6-2)20-12-15(21(3)4)13-7-9-14(17)10-8-13/h7-10,15H,5-6,11-12H2,1-4H3,(H2,18,19,20). The van der Waals surface area contributed by atoms with E-state index in [1.165, 1.54) is 5.56 Å². The average Bonchev–Trinajstić information content (AvgIpc) is 2.46. The minimum absolute atomic E-state index is 0.236. The number of hydrogen-bond donors (Lipinski definition) is 2. The molecule has 0 bridgehead atoms. The molecule has 5 heteroatoms. The third-order valence-electron chi connectivity index (χ3n) is 3.19. The van der Waals surface area contributed by atoms with Gasteiger partial charge in [0, 0.05) is 18.1 Å². The zero-order valence-corrected chi connectivity index (χ0v) is 14.2. The fourth-order valence-corrected chi connectivity index (χ4v) is 2.14. The van der Waals surface area contributed by atoms with Crippen molar-refractivity contribution in [1.29, 1.82) is 0 Å². The van der Waals surface area contributed by atoms with Gasteiger partial charge in [-0.3, -0.25) is 4.99 Å². The van der Waals surface area contributed by atoms with E-state index in [0.29, 0.717) is 6.54 Å². The van der Waals surface area contributed by atoms with Crippen LogP contribution in [-0.4, -0.2) is 44.6 Å². The van der Waals surface area contributed by atoms with Gasteiger partial charge in [0.2, 0.25) is 0 Å². The van der Waals surface area contributed by atoms with E-state index in [1.54, 1.807) is 0 Å². The Bertz CT molecular complexity index is 428. The lowest BCUT2D eigenvalue weighted by molar-refractivity contribution is 0.306. The molecule has 0 fully saturated rings. The number of hydrogen-bond acceptors (Lipinski definition) is 2. The monoisotopic (exact) mass is 310 g/mol. The Balaban J connectivity index is 2.78. The maximum atomic E-state index is 5.96. The predicted molar refractivity (Wildman–Crippen MR) is 92.2 cm³/mol. The predicted octanol–water partition coefficient (Wildman–Crippen LogP) is 2.91. The van der Waals surface area contributed by atoms with Gasteiger partial charge in [0.25, 0.3) is 0 Å². The van der Waals surface area contributed by atoms with Crippen molar-refractivity contribution in [3.63, 3.8) is 0 Å². The number of nitrogens with one attached hydrogen (secondary N) is 2. The molecular formula is C16H27ClN4. The van der Waals surface area contributed by atoms with Gasteiger partial charge in [0.1, 0.15) is 0 Å². The minimum Gasteiger partial charge on any atom is -0.357 e. The van der Waals surface area contributed by atoms with Gasteiger partial charge in [-0.2, -0.15) is 0 Å². The molecule has 1 aromatic rings. The Labute approximate surface area is 133 Å². The summed E-state index contributed by atoms with van der Waals surface area (Å²) in [5, 5.41) is 7.36. The maximum Gasteiger partial charge on any atom is 0.191 e. The van der Waals surface area contributed by atoms with E-state index in [2.05, 4.69) is 55.6 Å². The highest BCUT2D eigenvalue weighted by Crippen LogP contribution is 2.20. The van der Waals surface area contributed by atoms with E-state index in [1.807, 2.05) is 12.1 Å². The quantitative estimate of drug-likeness (QED) is 0.601. The van der Waals surface area contributed by atoms with Crippen LogP contribution < -0.4 is 10.6 Å². The Morgan fingerprint density at radius 1 is 1.19 bits per heavy atom. The van der Waals surface area contributed by atoms with Gasteiger partial charge in [0.15, 0.2) is 5.96 Å². The van der Waals surface area contributed by atoms with E-state index >= 15 is 0 Å². The zero-order valence-electron chi connectivity index (χ0n) is 13.5.